The zero-order chi connectivity index (χ0) is 18.4. The zero-order valence-corrected chi connectivity index (χ0v) is 16.2. The van der Waals surface area contributed by atoms with E-state index in [4.69, 9.17) is 5.73 Å². The van der Waals surface area contributed by atoms with Crippen molar-refractivity contribution >= 4 is 35.6 Å². The van der Waals surface area contributed by atoms with Gasteiger partial charge < -0.3 is 16.4 Å². The lowest BCUT2D eigenvalue weighted by Crippen LogP contribution is -2.30. The average molecular weight is 376 g/mol. The lowest BCUT2D eigenvalue weighted by molar-refractivity contribution is -0.116. The third-order valence-electron chi connectivity index (χ3n) is 3.85. The van der Waals surface area contributed by atoms with Gasteiger partial charge in [-0.25, -0.2) is 0 Å². The van der Waals surface area contributed by atoms with Crippen LogP contribution in [0.5, 0.6) is 0 Å². The largest absolute Gasteiger partial charge is 0.399 e. The van der Waals surface area contributed by atoms with E-state index in [1.807, 2.05) is 51.1 Å². The van der Waals surface area contributed by atoms with Gasteiger partial charge in [0.2, 0.25) is 5.91 Å². The van der Waals surface area contributed by atoms with Crippen molar-refractivity contribution < 1.29 is 9.59 Å². The zero-order valence-electron chi connectivity index (χ0n) is 15.3. The van der Waals surface area contributed by atoms with E-state index in [-0.39, 0.29) is 30.3 Å². The summed E-state index contributed by atoms with van der Waals surface area (Å²) < 4.78 is 0. The smallest absolute Gasteiger partial charge is 0.251 e. The van der Waals surface area contributed by atoms with Crippen LogP contribution in [0.15, 0.2) is 42.5 Å². The number of benzene rings is 2. The third kappa shape index (κ3) is 6.08. The number of hydrogen-bond donors (Lipinski definition) is 3. The highest BCUT2D eigenvalue weighted by Crippen LogP contribution is 2.17. The molecule has 2 aromatic rings. The van der Waals surface area contributed by atoms with Crippen molar-refractivity contribution in [3.8, 4) is 0 Å². The van der Waals surface area contributed by atoms with E-state index >= 15 is 0 Å². The van der Waals surface area contributed by atoms with Crippen LogP contribution in [0.2, 0.25) is 0 Å². The van der Waals surface area contributed by atoms with Gasteiger partial charge in [-0.1, -0.05) is 18.2 Å². The highest BCUT2D eigenvalue weighted by molar-refractivity contribution is 5.97. The van der Waals surface area contributed by atoms with E-state index in [9.17, 15) is 9.59 Å². The molecule has 0 saturated heterocycles. The summed E-state index contributed by atoms with van der Waals surface area (Å²) in [7, 11) is 0. The molecule has 4 N–H and O–H groups in total. The second kappa shape index (κ2) is 9.82. The van der Waals surface area contributed by atoms with Crippen molar-refractivity contribution in [3.63, 3.8) is 0 Å². The van der Waals surface area contributed by atoms with Crippen LogP contribution in [-0.2, 0) is 11.2 Å². The monoisotopic (exact) mass is 375 g/mol. The number of aryl methyl sites for hydroxylation is 2. The van der Waals surface area contributed by atoms with Gasteiger partial charge in [0.25, 0.3) is 5.91 Å². The molecule has 0 radical (unpaired) electrons. The summed E-state index contributed by atoms with van der Waals surface area (Å²) in [6.07, 6.45) is 0.940. The van der Waals surface area contributed by atoms with Crippen LogP contribution < -0.4 is 16.4 Å². The molecule has 2 aromatic carbocycles. The van der Waals surface area contributed by atoms with Gasteiger partial charge in [0.05, 0.1) is 0 Å². The first-order chi connectivity index (χ1) is 11.9. The van der Waals surface area contributed by atoms with E-state index in [2.05, 4.69) is 10.6 Å². The first-order valence-corrected chi connectivity index (χ1v) is 8.41. The summed E-state index contributed by atoms with van der Waals surface area (Å²) >= 11 is 0. The average Bonchev–Trinajstić information content (AvgIpc) is 2.53. The number of nitrogens with two attached hydrogens (primary N) is 1. The van der Waals surface area contributed by atoms with Crippen LogP contribution in [0.1, 0.15) is 41.8 Å². The number of hydrogen-bond acceptors (Lipinski definition) is 3. The number of rotatable bonds is 6. The molecule has 0 fully saturated rings. The Balaban J connectivity index is 0.00000338. The SMILES string of the molecule is Cc1cc(NC(=O)CCc2ccccc2N)ccc1C(=O)NC(C)C.Cl. The molecule has 0 bridgehead atoms. The predicted octanol–water partition coefficient (Wildman–Crippen LogP) is 3.71. The van der Waals surface area contributed by atoms with Crippen LogP contribution in [0.25, 0.3) is 0 Å². The Morgan fingerprint density at radius 2 is 1.81 bits per heavy atom. The molecular weight excluding hydrogens is 350 g/mol. The molecule has 26 heavy (non-hydrogen) atoms. The second-order valence-electron chi connectivity index (χ2n) is 6.40. The summed E-state index contributed by atoms with van der Waals surface area (Å²) in [4.78, 5) is 24.2. The van der Waals surface area contributed by atoms with Crippen molar-refractivity contribution in [2.75, 3.05) is 11.1 Å². The molecule has 0 atom stereocenters. The summed E-state index contributed by atoms with van der Waals surface area (Å²) in [5, 5.41) is 5.73. The third-order valence-corrected chi connectivity index (χ3v) is 3.85. The van der Waals surface area contributed by atoms with Crippen LogP contribution in [-0.4, -0.2) is 17.9 Å². The van der Waals surface area contributed by atoms with E-state index in [0.29, 0.717) is 29.8 Å². The topological polar surface area (TPSA) is 84.2 Å². The molecule has 0 aliphatic rings. The standard InChI is InChI=1S/C20H25N3O2.ClH/c1-13(2)22-20(25)17-10-9-16(12-14(17)3)23-19(24)11-8-15-6-4-5-7-18(15)21;/h4-7,9-10,12-13H,8,11,21H2,1-3H3,(H,22,25)(H,23,24);1H. The van der Waals surface area contributed by atoms with Crippen molar-refractivity contribution in [2.45, 2.75) is 39.7 Å². The van der Waals surface area contributed by atoms with Gasteiger partial charge in [-0.2, -0.15) is 0 Å². The molecule has 0 aliphatic carbocycles. The quantitative estimate of drug-likeness (QED) is 0.673. The van der Waals surface area contributed by atoms with E-state index in [1.54, 1.807) is 12.1 Å². The Morgan fingerprint density at radius 3 is 2.42 bits per heavy atom. The highest BCUT2D eigenvalue weighted by atomic mass is 35.5. The van der Waals surface area contributed by atoms with Gasteiger partial charge in [-0.3, -0.25) is 9.59 Å². The fourth-order valence-electron chi connectivity index (χ4n) is 2.57. The van der Waals surface area contributed by atoms with Gasteiger partial charge in [0.15, 0.2) is 0 Å². The maximum Gasteiger partial charge on any atom is 0.251 e. The minimum Gasteiger partial charge on any atom is -0.399 e. The summed E-state index contributed by atoms with van der Waals surface area (Å²) in [6.45, 7) is 5.69. The molecule has 0 saturated carbocycles. The van der Waals surface area contributed by atoms with Gasteiger partial charge in [-0.15, -0.1) is 12.4 Å². The van der Waals surface area contributed by atoms with E-state index < -0.39 is 0 Å². The molecule has 0 spiro atoms. The fraction of sp³-hybridized carbons (Fsp3) is 0.300. The molecule has 0 aromatic heterocycles. The Labute approximate surface area is 160 Å². The van der Waals surface area contributed by atoms with E-state index in [0.717, 1.165) is 11.1 Å². The fourth-order valence-corrected chi connectivity index (χ4v) is 2.57. The molecule has 0 aliphatic heterocycles. The van der Waals surface area contributed by atoms with Crippen LogP contribution >= 0.6 is 12.4 Å². The van der Waals surface area contributed by atoms with Gasteiger partial charge in [-0.05, 0) is 62.6 Å². The Morgan fingerprint density at radius 1 is 1.12 bits per heavy atom. The number of nitrogens with one attached hydrogen (secondary N) is 2. The normalized spacial score (nSPS) is 10.2. The number of carbonyl (C=O) groups is 2. The van der Waals surface area contributed by atoms with E-state index in [1.165, 1.54) is 0 Å². The van der Waals surface area contributed by atoms with Crippen molar-refractivity contribution in [3.05, 3.63) is 59.2 Å². The number of amides is 2. The number of anilines is 2. The lowest BCUT2D eigenvalue weighted by atomic mass is 10.1. The number of carbonyl (C=O) groups excluding carboxylic acids is 2. The van der Waals surface area contributed by atoms with Gasteiger partial charge in [0.1, 0.15) is 0 Å². The first kappa shape index (κ1) is 21.5. The minimum atomic E-state index is -0.107. The molecular formula is C20H26ClN3O2. The first-order valence-electron chi connectivity index (χ1n) is 8.41. The van der Waals surface area contributed by atoms with Crippen LogP contribution in [0, 0.1) is 6.92 Å². The van der Waals surface area contributed by atoms with Crippen LogP contribution in [0.4, 0.5) is 11.4 Å². The van der Waals surface area contributed by atoms with Crippen molar-refractivity contribution in [1.82, 2.24) is 5.32 Å². The summed E-state index contributed by atoms with van der Waals surface area (Å²) in [6, 6.07) is 12.9. The molecule has 5 nitrogen and oxygen atoms in total. The minimum absolute atomic E-state index is 0. The maximum atomic E-state index is 12.1. The highest BCUT2D eigenvalue weighted by Gasteiger charge is 2.11. The Kier molecular flexibility index (Phi) is 8.13. The number of para-hydroxylation sites is 1. The number of nitrogen functional groups attached to an aromatic ring is 1. The van der Waals surface area contributed by atoms with Crippen LogP contribution in [0.3, 0.4) is 0 Å². The summed E-state index contributed by atoms with van der Waals surface area (Å²) in [5.41, 5.74) is 9.68. The van der Waals surface area contributed by atoms with Gasteiger partial charge >= 0.3 is 0 Å². The maximum absolute atomic E-state index is 12.1. The number of halogens is 1. The van der Waals surface area contributed by atoms with Gasteiger partial charge in [0, 0.05) is 29.4 Å². The molecule has 0 heterocycles. The summed E-state index contributed by atoms with van der Waals surface area (Å²) in [5.74, 6) is -0.188. The van der Waals surface area contributed by atoms with Crippen molar-refractivity contribution in [2.24, 2.45) is 0 Å². The molecule has 0 unspecified atom stereocenters. The Hall–Kier alpha value is -2.53. The lowest BCUT2D eigenvalue weighted by Gasteiger charge is -2.12. The molecule has 140 valence electrons. The molecule has 6 heteroatoms. The predicted molar refractivity (Wildman–Crippen MR) is 109 cm³/mol. The second-order valence-corrected chi connectivity index (χ2v) is 6.40. The Bertz CT molecular complexity index is 775. The molecule has 2 rings (SSSR count). The molecule has 2 amide bonds. The van der Waals surface area contributed by atoms with Crippen molar-refractivity contribution in [1.29, 1.82) is 0 Å².